The largest absolute Gasteiger partial charge is 0.362 e. The molecule has 1 aliphatic rings. The van der Waals surface area contributed by atoms with E-state index < -0.39 is 0 Å². The fourth-order valence-corrected chi connectivity index (χ4v) is 3.00. The quantitative estimate of drug-likeness (QED) is 0.842. The van der Waals surface area contributed by atoms with Gasteiger partial charge >= 0.3 is 0 Å². The number of anilines is 2. The Morgan fingerprint density at radius 2 is 2.08 bits per heavy atom. The summed E-state index contributed by atoms with van der Waals surface area (Å²) in [6, 6.07) is 9.30. The number of nitrogens with zero attached hydrogens (tertiary/aromatic N) is 2. The molecule has 0 saturated carbocycles. The number of rotatable bonds is 5. The Morgan fingerprint density at radius 3 is 2.75 bits per heavy atom. The molecule has 1 aromatic carbocycles. The summed E-state index contributed by atoms with van der Waals surface area (Å²) >= 11 is 0. The van der Waals surface area contributed by atoms with Crippen LogP contribution in [0.15, 0.2) is 36.5 Å². The first kappa shape index (κ1) is 16.4. The van der Waals surface area contributed by atoms with Crippen molar-refractivity contribution >= 4 is 17.4 Å². The molecule has 2 heterocycles. The average molecular weight is 327 g/mol. The molecule has 1 saturated heterocycles. The van der Waals surface area contributed by atoms with Gasteiger partial charge < -0.3 is 10.2 Å². The lowest BCUT2D eigenvalue weighted by Crippen LogP contribution is -2.07. The molecule has 0 bridgehead atoms. The van der Waals surface area contributed by atoms with Crippen LogP contribution in [0.1, 0.15) is 27.2 Å². The highest BCUT2D eigenvalue weighted by Crippen LogP contribution is 2.35. The molecule has 1 N–H and O–H groups in total. The van der Waals surface area contributed by atoms with Crippen LogP contribution >= 0.6 is 0 Å². The normalized spacial score (nSPS) is 16.4. The van der Waals surface area contributed by atoms with Gasteiger partial charge in [0.15, 0.2) is 0 Å². The number of aromatic nitrogens is 1. The van der Waals surface area contributed by atoms with Crippen molar-refractivity contribution in [1.29, 1.82) is 0 Å². The van der Waals surface area contributed by atoms with Crippen molar-refractivity contribution in [3.8, 4) is 11.1 Å². The molecule has 1 aliphatic heterocycles. The van der Waals surface area contributed by atoms with Crippen molar-refractivity contribution in [2.75, 3.05) is 16.8 Å². The fraction of sp³-hybridized carbons (Fsp3) is 0.368. The van der Waals surface area contributed by atoms with Crippen LogP contribution < -0.4 is 10.2 Å². The lowest BCUT2D eigenvalue weighted by molar-refractivity contribution is -0.114. The van der Waals surface area contributed by atoms with E-state index in [0.717, 1.165) is 24.1 Å². The van der Waals surface area contributed by atoms with E-state index in [4.69, 9.17) is 0 Å². The predicted molar refractivity (Wildman–Crippen MR) is 94.5 cm³/mol. The van der Waals surface area contributed by atoms with Gasteiger partial charge in [-0.05, 0) is 47.7 Å². The summed E-state index contributed by atoms with van der Waals surface area (Å²) in [6.07, 6.45) is 2.70. The van der Waals surface area contributed by atoms with Gasteiger partial charge in [0.1, 0.15) is 11.6 Å². The zero-order valence-electron chi connectivity index (χ0n) is 14.2. The van der Waals surface area contributed by atoms with Gasteiger partial charge in [0.05, 0.1) is 5.69 Å². The number of hydrogen-bond donors (Lipinski definition) is 1. The standard InChI is InChI=1S/C19H22FN3O/c1-12(2)8-16-11-23(16)18-5-4-14(9-17(18)20)15-6-7-21-19(10-15)22-13(3)24/h4-7,9-10,12,16H,8,11H2,1-3H3,(H,21,22,24). The second-order valence-electron chi connectivity index (χ2n) is 6.71. The third-order valence-corrected chi connectivity index (χ3v) is 4.11. The Kier molecular flexibility index (Phi) is 4.51. The predicted octanol–water partition coefficient (Wildman–Crippen LogP) is 4.08. The van der Waals surface area contributed by atoms with Crippen LogP contribution in [0.25, 0.3) is 11.1 Å². The number of benzene rings is 1. The minimum absolute atomic E-state index is 0.182. The maximum Gasteiger partial charge on any atom is 0.222 e. The van der Waals surface area contributed by atoms with E-state index >= 15 is 0 Å². The van der Waals surface area contributed by atoms with Crippen LogP contribution in [0.2, 0.25) is 0 Å². The SMILES string of the molecule is CC(=O)Nc1cc(-c2ccc(N3CC3CC(C)C)c(F)c2)ccn1. The van der Waals surface area contributed by atoms with Crippen molar-refractivity contribution in [2.45, 2.75) is 33.2 Å². The Hall–Kier alpha value is -2.43. The van der Waals surface area contributed by atoms with Gasteiger partial charge in [0, 0.05) is 25.7 Å². The number of carbonyl (C=O) groups is 1. The molecule has 1 unspecified atom stereocenters. The summed E-state index contributed by atoms with van der Waals surface area (Å²) in [7, 11) is 0. The van der Waals surface area contributed by atoms with E-state index in [-0.39, 0.29) is 11.7 Å². The third kappa shape index (κ3) is 3.72. The Morgan fingerprint density at radius 1 is 1.33 bits per heavy atom. The van der Waals surface area contributed by atoms with Crippen LogP contribution in [-0.2, 0) is 4.79 Å². The first-order valence-corrected chi connectivity index (χ1v) is 8.24. The third-order valence-electron chi connectivity index (χ3n) is 4.11. The Labute approximate surface area is 141 Å². The number of amides is 1. The molecule has 24 heavy (non-hydrogen) atoms. The molecule has 1 aromatic heterocycles. The summed E-state index contributed by atoms with van der Waals surface area (Å²) in [5, 5.41) is 2.64. The fourth-order valence-electron chi connectivity index (χ4n) is 3.00. The van der Waals surface area contributed by atoms with Gasteiger partial charge in [-0.3, -0.25) is 4.79 Å². The molecular weight excluding hydrogens is 305 g/mol. The molecule has 0 spiro atoms. The van der Waals surface area contributed by atoms with Gasteiger partial charge in [-0.15, -0.1) is 0 Å². The second-order valence-corrected chi connectivity index (χ2v) is 6.71. The van der Waals surface area contributed by atoms with Crippen LogP contribution in [0.4, 0.5) is 15.9 Å². The van der Waals surface area contributed by atoms with Crippen molar-refractivity contribution < 1.29 is 9.18 Å². The molecule has 1 amide bonds. The van der Waals surface area contributed by atoms with E-state index in [1.54, 1.807) is 24.4 Å². The summed E-state index contributed by atoms with van der Waals surface area (Å²) in [5.74, 6) is 0.689. The molecule has 1 atom stereocenters. The first-order valence-electron chi connectivity index (χ1n) is 8.24. The molecule has 5 heteroatoms. The van der Waals surface area contributed by atoms with Crippen LogP contribution in [0.3, 0.4) is 0 Å². The summed E-state index contributed by atoms with van der Waals surface area (Å²) in [4.78, 5) is 17.3. The molecule has 0 radical (unpaired) electrons. The summed E-state index contributed by atoms with van der Waals surface area (Å²) < 4.78 is 14.5. The van der Waals surface area contributed by atoms with E-state index in [1.165, 1.54) is 6.92 Å². The van der Waals surface area contributed by atoms with E-state index in [0.29, 0.717) is 23.5 Å². The van der Waals surface area contributed by atoms with Gasteiger partial charge in [-0.1, -0.05) is 19.9 Å². The Bertz CT molecular complexity index is 760. The molecule has 0 aliphatic carbocycles. The number of carbonyl (C=O) groups excluding carboxylic acids is 1. The lowest BCUT2D eigenvalue weighted by Gasteiger charge is -2.11. The topological polar surface area (TPSA) is 45.0 Å². The van der Waals surface area contributed by atoms with Gasteiger partial charge in [0.2, 0.25) is 5.91 Å². The van der Waals surface area contributed by atoms with Crippen molar-refractivity contribution in [2.24, 2.45) is 5.92 Å². The zero-order valence-corrected chi connectivity index (χ0v) is 14.2. The van der Waals surface area contributed by atoms with Crippen molar-refractivity contribution in [3.05, 3.63) is 42.3 Å². The highest BCUT2D eigenvalue weighted by molar-refractivity contribution is 5.88. The Balaban J connectivity index is 1.79. The second kappa shape index (κ2) is 6.59. The first-order chi connectivity index (χ1) is 11.4. The number of nitrogens with one attached hydrogen (secondary N) is 1. The smallest absolute Gasteiger partial charge is 0.222 e. The number of halogens is 1. The van der Waals surface area contributed by atoms with Gasteiger partial charge in [-0.25, -0.2) is 9.37 Å². The van der Waals surface area contributed by atoms with Crippen LogP contribution in [0, 0.1) is 11.7 Å². The average Bonchev–Trinajstić information content (AvgIpc) is 3.24. The van der Waals surface area contributed by atoms with Crippen LogP contribution in [0.5, 0.6) is 0 Å². The molecule has 126 valence electrons. The number of pyridine rings is 1. The molecule has 2 aromatic rings. The molecule has 1 fully saturated rings. The molecular formula is C19H22FN3O. The maximum absolute atomic E-state index is 14.5. The highest BCUT2D eigenvalue weighted by atomic mass is 19.1. The number of hydrogen-bond acceptors (Lipinski definition) is 3. The zero-order chi connectivity index (χ0) is 17.3. The monoisotopic (exact) mass is 327 g/mol. The van der Waals surface area contributed by atoms with Gasteiger partial charge in [-0.2, -0.15) is 0 Å². The van der Waals surface area contributed by atoms with E-state index in [2.05, 4.69) is 29.0 Å². The highest BCUT2D eigenvalue weighted by Gasteiger charge is 2.35. The van der Waals surface area contributed by atoms with Crippen molar-refractivity contribution in [1.82, 2.24) is 4.98 Å². The summed E-state index contributed by atoms with van der Waals surface area (Å²) in [6.45, 7) is 6.73. The lowest BCUT2D eigenvalue weighted by atomic mass is 10.1. The molecule has 3 rings (SSSR count). The maximum atomic E-state index is 14.5. The van der Waals surface area contributed by atoms with Crippen molar-refractivity contribution in [3.63, 3.8) is 0 Å². The van der Waals surface area contributed by atoms with E-state index in [9.17, 15) is 9.18 Å². The van der Waals surface area contributed by atoms with E-state index in [1.807, 2.05) is 12.1 Å². The van der Waals surface area contributed by atoms with Gasteiger partial charge in [0.25, 0.3) is 0 Å². The molecule has 4 nitrogen and oxygen atoms in total. The minimum atomic E-state index is -0.211. The van der Waals surface area contributed by atoms with Crippen LogP contribution in [-0.4, -0.2) is 23.5 Å². The summed E-state index contributed by atoms with van der Waals surface area (Å²) in [5.41, 5.74) is 2.26. The minimum Gasteiger partial charge on any atom is -0.362 e.